The normalized spacial score (nSPS) is 10.9. The van der Waals surface area contributed by atoms with E-state index in [1.165, 1.54) is 0 Å². The quantitative estimate of drug-likeness (QED) is 0.538. The summed E-state index contributed by atoms with van der Waals surface area (Å²) in [4.78, 5) is 16.8. The Hall–Kier alpha value is -3.66. The van der Waals surface area contributed by atoms with Gasteiger partial charge in [-0.3, -0.25) is 19.9 Å². The van der Waals surface area contributed by atoms with Gasteiger partial charge in [0.15, 0.2) is 0 Å². The van der Waals surface area contributed by atoms with E-state index in [1.54, 1.807) is 31.0 Å². The van der Waals surface area contributed by atoms with Crippen LogP contribution in [0.1, 0.15) is 11.1 Å². The molecule has 0 fully saturated rings. The molecule has 4 aromatic heterocycles. The van der Waals surface area contributed by atoms with Gasteiger partial charge in [0.1, 0.15) is 0 Å². The molecule has 0 aliphatic rings. The van der Waals surface area contributed by atoms with Crippen LogP contribution in [-0.4, -0.2) is 19.9 Å². The lowest BCUT2D eigenvalue weighted by molar-refractivity contribution is 1.29. The molecule has 0 saturated heterocycles. The van der Waals surface area contributed by atoms with Gasteiger partial charge in [0.05, 0.1) is 0 Å². The molecule has 0 bridgehead atoms. The molecule has 0 aliphatic heterocycles. The van der Waals surface area contributed by atoms with Crippen molar-refractivity contribution in [2.75, 3.05) is 0 Å². The number of nitrogens with zero attached hydrogens (tertiary/aromatic N) is 4. The van der Waals surface area contributed by atoms with Crippen molar-refractivity contribution in [1.82, 2.24) is 19.9 Å². The van der Waals surface area contributed by atoms with E-state index in [2.05, 4.69) is 32.1 Å². The van der Waals surface area contributed by atoms with Gasteiger partial charge in [0.2, 0.25) is 0 Å². The molecule has 4 nitrogen and oxygen atoms in total. The van der Waals surface area contributed by atoms with Crippen molar-refractivity contribution in [3.63, 3.8) is 0 Å². The molecule has 4 heteroatoms. The van der Waals surface area contributed by atoms with Crippen LogP contribution in [0.15, 0.2) is 86.0 Å². The number of hydrogen-bond donors (Lipinski definition) is 0. The Morgan fingerprint density at radius 1 is 0.500 bits per heavy atom. The van der Waals surface area contributed by atoms with Crippen molar-refractivity contribution in [2.24, 2.45) is 0 Å². The second-order valence-electron chi connectivity index (χ2n) is 5.73. The van der Waals surface area contributed by atoms with E-state index < -0.39 is 0 Å². The highest BCUT2D eigenvalue weighted by atomic mass is 14.6. The summed E-state index contributed by atoms with van der Waals surface area (Å²) < 4.78 is 0. The van der Waals surface area contributed by atoms with Gasteiger partial charge in [-0.2, -0.15) is 0 Å². The Morgan fingerprint density at radius 2 is 1.12 bits per heavy atom. The minimum absolute atomic E-state index is 1.04. The molecule has 0 aromatic carbocycles. The van der Waals surface area contributed by atoms with E-state index >= 15 is 0 Å². The zero-order valence-electron chi connectivity index (χ0n) is 14.0. The van der Waals surface area contributed by atoms with E-state index in [4.69, 9.17) is 0 Å². The van der Waals surface area contributed by atoms with E-state index in [-0.39, 0.29) is 0 Å². The molecule has 0 N–H and O–H groups in total. The second-order valence-corrected chi connectivity index (χ2v) is 5.73. The van der Waals surface area contributed by atoms with Gasteiger partial charge in [-0.15, -0.1) is 0 Å². The van der Waals surface area contributed by atoms with Crippen molar-refractivity contribution in [3.8, 4) is 22.3 Å². The first kappa shape index (κ1) is 15.8. The molecule has 4 rings (SSSR count). The number of pyridine rings is 4. The number of hydrogen-bond acceptors (Lipinski definition) is 4. The summed E-state index contributed by atoms with van der Waals surface area (Å²) in [6, 6.07) is 12.0. The van der Waals surface area contributed by atoms with Gasteiger partial charge in [-0.25, -0.2) is 0 Å². The maximum Gasteiger partial charge on any atom is 0.0353 e. The fraction of sp³-hybridized carbons (Fsp3) is 0. The molecule has 124 valence electrons. The van der Waals surface area contributed by atoms with E-state index in [9.17, 15) is 0 Å². The van der Waals surface area contributed by atoms with Gasteiger partial charge >= 0.3 is 0 Å². The standard InChI is InChI=1S/C22H16N4/c1(17-3-9-23-10-4-17)2-18-7-13-25-15-21(18)22-16-26-14-8-20(22)19-5-11-24-12-6-19/h1-16H/b2-1+. The van der Waals surface area contributed by atoms with Crippen LogP contribution >= 0.6 is 0 Å². The summed E-state index contributed by atoms with van der Waals surface area (Å²) in [5.41, 5.74) is 6.47. The SMILES string of the molecule is C(=C\c1ccncc1-c1cnccc1-c1ccncc1)/c1ccncc1. The Bertz CT molecular complexity index is 1030. The lowest BCUT2D eigenvalue weighted by Crippen LogP contribution is -1.90. The summed E-state index contributed by atoms with van der Waals surface area (Å²) in [6.45, 7) is 0. The van der Waals surface area contributed by atoms with Crippen LogP contribution in [0.25, 0.3) is 34.4 Å². The number of rotatable bonds is 4. The van der Waals surface area contributed by atoms with Crippen LogP contribution in [0.4, 0.5) is 0 Å². The van der Waals surface area contributed by atoms with Gasteiger partial charge in [-0.1, -0.05) is 12.2 Å². The predicted octanol–water partition coefficient (Wildman–Crippen LogP) is 4.77. The Balaban J connectivity index is 1.80. The molecule has 0 amide bonds. The third kappa shape index (κ3) is 3.39. The molecule has 0 atom stereocenters. The van der Waals surface area contributed by atoms with E-state index in [1.807, 2.05) is 55.0 Å². The van der Waals surface area contributed by atoms with Gasteiger partial charge in [-0.05, 0) is 58.7 Å². The highest BCUT2D eigenvalue weighted by Gasteiger charge is 2.10. The Morgan fingerprint density at radius 3 is 1.88 bits per heavy atom. The molecule has 4 aromatic rings. The zero-order chi connectivity index (χ0) is 17.6. The topological polar surface area (TPSA) is 51.6 Å². The first-order valence-corrected chi connectivity index (χ1v) is 8.29. The maximum atomic E-state index is 4.33. The highest BCUT2D eigenvalue weighted by molar-refractivity contribution is 5.88. The van der Waals surface area contributed by atoms with Crippen molar-refractivity contribution in [1.29, 1.82) is 0 Å². The van der Waals surface area contributed by atoms with Crippen molar-refractivity contribution >= 4 is 12.2 Å². The fourth-order valence-electron chi connectivity index (χ4n) is 2.83. The van der Waals surface area contributed by atoms with Crippen molar-refractivity contribution < 1.29 is 0 Å². The molecular formula is C22H16N4. The van der Waals surface area contributed by atoms with Crippen LogP contribution in [-0.2, 0) is 0 Å². The summed E-state index contributed by atoms with van der Waals surface area (Å²) in [7, 11) is 0. The lowest BCUT2D eigenvalue weighted by atomic mass is 9.95. The monoisotopic (exact) mass is 336 g/mol. The lowest BCUT2D eigenvalue weighted by Gasteiger charge is -2.11. The average Bonchev–Trinajstić information content (AvgIpc) is 2.74. The second kappa shape index (κ2) is 7.49. The van der Waals surface area contributed by atoms with Crippen LogP contribution in [0.5, 0.6) is 0 Å². The molecule has 4 heterocycles. The summed E-state index contributed by atoms with van der Waals surface area (Å²) >= 11 is 0. The maximum absolute atomic E-state index is 4.33. The fourth-order valence-corrected chi connectivity index (χ4v) is 2.83. The van der Waals surface area contributed by atoms with Crippen LogP contribution in [0.2, 0.25) is 0 Å². The van der Waals surface area contributed by atoms with Gasteiger partial charge in [0, 0.05) is 60.7 Å². The smallest absolute Gasteiger partial charge is 0.0353 e. The predicted molar refractivity (Wildman–Crippen MR) is 104 cm³/mol. The number of aromatic nitrogens is 4. The first-order chi connectivity index (χ1) is 12.9. The van der Waals surface area contributed by atoms with Crippen molar-refractivity contribution in [3.05, 3.63) is 97.1 Å². The third-order valence-electron chi connectivity index (χ3n) is 4.12. The molecule has 26 heavy (non-hydrogen) atoms. The van der Waals surface area contributed by atoms with Crippen LogP contribution in [0.3, 0.4) is 0 Å². The van der Waals surface area contributed by atoms with Crippen molar-refractivity contribution in [2.45, 2.75) is 0 Å². The molecule has 0 radical (unpaired) electrons. The highest BCUT2D eigenvalue weighted by Crippen LogP contribution is 2.33. The zero-order valence-corrected chi connectivity index (χ0v) is 14.0. The minimum Gasteiger partial charge on any atom is -0.265 e. The van der Waals surface area contributed by atoms with Crippen LogP contribution in [0, 0.1) is 0 Å². The summed E-state index contributed by atoms with van der Waals surface area (Å²) in [6.07, 6.45) is 18.7. The van der Waals surface area contributed by atoms with Crippen LogP contribution < -0.4 is 0 Å². The van der Waals surface area contributed by atoms with Gasteiger partial charge < -0.3 is 0 Å². The van der Waals surface area contributed by atoms with Gasteiger partial charge in [0.25, 0.3) is 0 Å². The average molecular weight is 336 g/mol. The molecular weight excluding hydrogens is 320 g/mol. The van der Waals surface area contributed by atoms with E-state index in [0.29, 0.717) is 0 Å². The third-order valence-corrected chi connectivity index (χ3v) is 4.12. The summed E-state index contributed by atoms with van der Waals surface area (Å²) in [5.74, 6) is 0. The minimum atomic E-state index is 1.04. The Labute approximate surface area is 152 Å². The molecule has 0 spiro atoms. The molecule has 0 saturated carbocycles. The first-order valence-electron chi connectivity index (χ1n) is 8.29. The molecule has 0 aliphatic carbocycles. The van der Waals surface area contributed by atoms with E-state index in [0.717, 1.165) is 33.4 Å². The largest absolute Gasteiger partial charge is 0.265 e. The Kier molecular flexibility index (Phi) is 4.56. The summed E-state index contributed by atoms with van der Waals surface area (Å²) in [5, 5.41) is 0. The molecule has 0 unspecified atom stereocenters.